The van der Waals surface area contributed by atoms with Crippen LogP contribution >= 0.6 is 0 Å². The summed E-state index contributed by atoms with van der Waals surface area (Å²) in [6.07, 6.45) is 8.94. The molecule has 2 aromatic carbocycles. The van der Waals surface area contributed by atoms with Crippen LogP contribution < -0.4 is 0 Å². The molecule has 1 unspecified atom stereocenters. The molecule has 0 spiro atoms. The van der Waals surface area contributed by atoms with Gasteiger partial charge in [-0.05, 0) is 21.9 Å². The molecule has 0 bridgehead atoms. The van der Waals surface area contributed by atoms with Crippen LogP contribution in [-0.2, 0) is 0 Å². The van der Waals surface area contributed by atoms with E-state index in [1.807, 2.05) is 0 Å². The van der Waals surface area contributed by atoms with Crippen molar-refractivity contribution >= 4 is 16.8 Å². The number of nitrogens with zero attached hydrogens (tertiary/aromatic N) is 1. The fourth-order valence-corrected chi connectivity index (χ4v) is 2.76. The minimum Gasteiger partial charge on any atom is -0.342 e. The summed E-state index contributed by atoms with van der Waals surface area (Å²) < 4.78 is 2.30. The largest absolute Gasteiger partial charge is 0.342 e. The Bertz CT molecular complexity index is 716. The van der Waals surface area contributed by atoms with Gasteiger partial charge in [0, 0.05) is 12.4 Å². The Hall–Kier alpha value is -2.28. The second-order valence-corrected chi connectivity index (χ2v) is 4.77. The number of benzene rings is 2. The van der Waals surface area contributed by atoms with Crippen LogP contribution in [0.3, 0.4) is 0 Å². The molecule has 86 valence electrons. The first-order valence-corrected chi connectivity index (χ1v) is 6.25. The van der Waals surface area contributed by atoms with E-state index in [4.69, 9.17) is 0 Å². The zero-order valence-electron chi connectivity index (χ0n) is 9.95. The lowest BCUT2D eigenvalue weighted by Crippen LogP contribution is -2.03. The van der Waals surface area contributed by atoms with Crippen molar-refractivity contribution in [3.8, 4) is 0 Å². The van der Waals surface area contributed by atoms with Crippen molar-refractivity contribution in [3.63, 3.8) is 0 Å². The zero-order chi connectivity index (χ0) is 11.9. The lowest BCUT2D eigenvalue weighted by molar-refractivity contribution is 0.718. The van der Waals surface area contributed by atoms with E-state index in [1.54, 1.807) is 0 Å². The molecule has 1 aliphatic carbocycles. The number of allylic oxidation sites excluding steroid dienone is 1. The van der Waals surface area contributed by atoms with Gasteiger partial charge in [-0.25, -0.2) is 0 Å². The van der Waals surface area contributed by atoms with Gasteiger partial charge in [-0.2, -0.15) is 0 Å². The van der Waals surface area contributed by atoms with Crippen LogP contribution in [0.2, 0.25) is 0 Å². The summed E-state index contributed by atoms with van der Waals surface area (Å²) in [6, 6.07) is 17.4. The van der Waals surface area contributed by atoms with Crippen LogP contribution in [0, 0.1) is 0 Å². The van der Waals surface area contributed by atoms with Gasteiger partial charge in [-0.15, -0.1) is 0 Å². The van der Waals surface area contributed by atoms with Crippen LogP contribution in [0.25, 0.3) is 16.8 Å². The minimum atomic E-state index is 0.341. The topological polar surface area (TPSA) is 4.93 Å². The van der Waals surface area contributed by atoms with Gasteiger partial charge in [0.05, 0.1) is 6.04 Å². The first-order chi connectivity index (χ1) is 8.92. The van der Waals surface area contributed by atoms with Crippen LogP contribution in [-0.4, -0.2) is 4.57 Å². The molecule has 1 heteroatoms. The molecule has 1 aromatic heterocycles. The molecule has 18 heavy (non-hydrogen) atoms. The molecule has 0 radical (unpaired) electrons. The summed E-state index contributed by atoms with van der Waals surface area (Å²) in [4.78, 5) is 0. The average molecular weight is 231 g/mol. The number of hydrogen-bond acceptors (Lipinski definition) is 0. The van der Waals surface area contributed by atoms with Crippen LogP contribution in [0.15, 0.2) is 67.0 Å². The molecule has 1 heterocycles. The third-order valence-corrected chi connectivity index (χ3v) is 3.67. The van der Waals surface area contributed by atoms with Crippen LogP contribution in [0.1, 0.15) is 17.2 Å². The van der Waals surface area contributed by atoms with Gasteiger partial charge in [-0.1, -0.05) is 60.7 Å². The quantitative estimate of drug-likeness (QED) is 0.589. The third-order valence-electron chi connectivity index (χ3n) is 3.67. The van der Waals surface area contributed by atoms with Crippen molar-refractivity contribution < 1.29 is 0 Å². The van der Waals surface area contributed by atoms with Gasteiger partial charge in [0.1, 0.15) is 0 Å². The molecular weight excluding hydrogens is 218 g/mol. The predicted molar refractivity (Wildman–Crippen MR) is 75.6 cm³/mol. The van der Waals surface area contributed by atoms with E-state index in [1.165, 1.54) is 21.9 Å². The molecule has 0 saturated heterocycles. The summed E-state index contributed by atoms with van der Waals surface area (Å²) in [6.45, 7) is 0. The number of hydrogen-bond donors (Lipinski definition) is 0. The lowest BCUT2D eigenvalue weighted by atomic mass is 10.1. The first kappa shape index (κ1) is 9.72. The fourth-order valence-electron chi connectivity index (χ4n) is 2.76. The SMILES string of the molecule is C1=CC(n2cc3ccccc3c2)c2ccccc21. The lowest BCUT2D eigenvalue weighted by Gasteiger charge is -2.12. The van der Waals surface area contributed by atoms with E-state index >= 15 is 0 Å². The minimum absolute atomic E-state index is 0.341. The van der Waals surface area contributed by atoms with Crippen molar-refractivity contribution in [2.45, 2.75) is 6.04 Å². The Morgan fingerprint density at radius 2 is 1.44 bits per heavy atom. The Balaban J connectivity index is 1.87. The molecule has 4 rings (SSSR count). The monoisotopic (exact) mass is 231 g/mol. The zero-order valence-corrected chi connectivity index (χ0v) is 9.95. The summed E-state index contributed by atoms with van der Waals surface area (Å²) in [5.41, 5.74) is 2.72. The van der Waals surface area contributed by atoms with Crippen molar-refractivity contribution in [1.29, 1.82) is 0 Å². The Morgan fingerprint density at radius 1 is 0.778 bits per heavy atom. The maximum absolute atomic E-state index is 2.30. The normalized spacial score (nSPS) is 17.2. The smallest absolute Gasteiger partial charge is 0.0773 e. The van der Waals surface area contributed by atoms with Crippen molar-refractivity contribution in [2.75, 3.05) is 0 Å². The van der Waals surface area contributed by atoms with Gasteiger partial charge in [0.15, 0.2) is 0 Å². The van der Waals surface area contributed by atoms with Crippen molar-refractivity contribution in [1.82, 2.24) is 4.57 Å². The Labute approximate surface area is 106 Å². The highest BCUT2D eigenvalue weighted by atomic mass is 15.0. The van der Waals surface area contributed by atoms with Gasteiger partial charge in [-0.3, -0.25) is 0 Å². The van der Waals surface area contributed by atoms with Gasteiger partial charge in [0.25, 0.3) is 0 Å². The summed E-state index contributed by atoms with van der Waals surface area (Å²) in [5, 5.41) is 2.60. The van der Waals surface area contributed by atoms with E-state index in [-0.39, 0.29) is 0 Å². The average Bonchev–Trinajstić information content (AvgIpc) is 3.02. The molecule has 0 N–H and O–H groups in total. The second kappa shape index (κ2) is 3.61. The predicted octanol–water partition coefficient (Wildman–Crippen LogP) is 4.26. The number of rotatable bonds is 1. The molecule has 0 saturated carbocycles. The molecular formula is C17H13N. The standard InChI is InChI=1S/C17H13N/c1-2-7-15-12-18(11-14(15)6-1)17-10-9-13-5-3-4-8-16(13)17/h1-12,17H. The molecule has 1 aliphatic rings. The van der Waals surface area contributed by atoms with Gasteiger partial charge in [0.2, 0.25) is 0 Å². The Morgan fingerprint density at radius 3 is 2.22 bits per heavy atom. The van der Waals surface area contributed by atoms with Crippen LogP contribution in [0.5, 0.6) is 0 Å². The Kier molecular flexibility index (Phi) is 1.95. The van der Waals surface area contributed by atoms with E-state index < -0.39 is 0 Å². The highest BCUT2D eigenvalue weighted by Crippen LogP contribution is 2.32. The van der Waals surface area contributed by atoms with Crippen molar-refractivity contribution in [2.24, 2.45) is 0 Å². The molecule has 0 aliphatic heterocycles. The summed E-state index contributed by atoms with van der Waals surface area (Å²) in [7, 11) is 0. The maximum atomic E-state index is 2.30. The highest BCUT2D eigenvalue weighted by Gasteiger charge is 2.17. The van der Waals surface area contributed by atoms with Crippen molar-refractivity contribution in [3.05, 3.63) is 78.1 Å². The summed E-state index contributed by atoms with van der Waals surface area (Å²) in [5.74, 6) is 0. The van der Waals surface area contributed by atoms with E-state index in [9.17, 15) is 0 Å². The van der Waals surface area contributed by atoms with E-state index in [0.717, 1.165) is 0 Å². The highest BCUT2D eigenvalue weighted by molar-refractivity contribution is 5.82. The van der Waals surface area contributed by atoms with Gasteiger partial charge < -0.3 is 4.57 Å². The molecule has 0 fully saturated rings. The van der Waals surface area contributed by atoms with E-state index in [2.05, 4.69) is 77.6 Å². The molecule has 1 nitrogen and oxygen atoms in total. The van der Waals surface area contributed by atoms with Crippen LogP contribution in [0.4, 0.5) is 0 Å². The molecule has 0 amide bonds. The second-order valence-electron chi connectivity index (χ2n) is 4.77. The number of fused-ring (bicyclic) bond motifs is 2. The fraction of sp³-hybridized carbons (Fsp3) is 0.0588. The number of aromatic nitrogens is 1. The maximum Gasteiger partial charge on any atom is 0.0773 e. The van der Waals surface area contributed by atoms with Gasteiger partial charge >= 0.3 is 0 Å². The third kappa shape index (κ3) is 1.34. The summed E-state index contributed by atoms with van der Waals surface area (Å²) >= 11 is 0. The molecule has 3 aromatic rings. The first-order valence-electron chi connectivity index (χ1n) is 6.25. The molecule has 1 atom stereocenters. The van der Waals surface area contributed by atoms with E-state index in [0.29, 0.717) is 6.04 Å².